The van der Waals surface area contributed by atoms with Gasteiger partial charge in [-0.05, 0) is 36.8 Å². The summed E-state index contributed by atoms with van der Waals surface area (Å²) >= 11 is 0. The average Bonchev–Trinajstić information content (AvgIpc) is 3.19. The summed E-state index contributed by atoms with van der Waals surface area (Å²) in [5.74, 6) is 0. The first-order valence-corrected chi connectivity index (χ1v) is 7.37. The standard InChI is InChI=1S/C17H22N2/c1-2-9-17(10-11-17)13-18-12-15-8-7-14-5-3-4-6-16(14)19-15/h3-8,18H,2,9-13H2,1H3. The monoisotopic (exact) mass is 254 g/mol. The molecule has 0 bridgehead atoms. The van der Waals surface area contributed by atoms with Gasteiger partial charge in [-0.3, -0.25) is 4.98 Å². The number of rotatable bonds is 6. The van der Waals surface area contributed by atoms with E-state index >= 15 is 0 Å². The van der Waals surface area contributed by atoms with Gasteiger partial charge in [-0.15, -0.1) is 0 Å². The first-order chi connectivity index (χ1) is 9.31. The number of hydrogen-bond acceptors (Lipinski definition) is 2. The number of para-hydroxylation sites is 1. The Hall–Kier alpha value is -1.41. The third-order valence-electron chi connectivity index (χ3n) is 4.20. The molecule has 0 radical (unpaired) electrons. The fraction of sp³-hybridized carbons (Fsp3) is 0.471. The molecule has 1 aromatic heterocycles. The lowest BCUT2D eigenvalue weighted by molar-refractivity contribution is 0.419. The Labute approximate surface area is 115 Å². The van der Waals surface area contributed by atoms with Crippen LogP contribution < -0.4 is 5.32 Å². The summed E-state index contributed by atoms with van der Waals surface area (Å²) in [4.78, 5) is 4.70. The molecule has 2 aromatic rings. The molecule has 1 aliphatic carbocycles. The molecular formula is C17H22N2. The molecule has 1 fully saturated rings. The fourth-order valence-electron chi connectivity index (χ4n) is 2.88. The van der Waals surface area contributed by atoms with Gasteiger partial charge in [0.25, 0.3) is 0 Å². The number of hydrogen-bond donors (Lipinski definition) is 1. The normalized spacial score (nSPS) is 16.7. The minimum Gasteiger partial charge on any atom is -0.311 e. The maximum absolute atomic E-state index is 4.70. The summed E-state index contributed by atoms with van der Waals surface area (Å²) < 4.78 is 0. The van der Waals surface area contributed by atoms with Crippen LogP contribution in [0, 0.1) is 5.41 Å². The number of nitrogens with zero attached hydrogens (tertiary/aromatic N) is 1. The van der Waals surface area contributed by atoms with Gasteiger partial charge in [0.2, 0.25) is 0 Å². The molecule has 0 atom stereocenters. The first-order valence-electron chi connectivity index (χ1n) is 7.37. The van der Waals surface area contributed by atoms with Crippen LogP contribution in [0.3, 0.4) is 0 Å². The molecule has 2 heteroatoms. The van der Waals surface area contributed by atoms with E-state index in [-0.39, 0.29) is 0 Å². The number of benzene rings is 1. The second-order valence-electron chi connectivity index (χ2n) is 5.85. The van der Waals surface area contributed by atoms with E-state index in [4.69, 9.17) is 4.98 Å². The van der Waals surface area contributed by atoms with Crippen LogP contribution in [-0.2, 0) is 6.54 Å². The van der Waals surface area contributed by atoms with Crippen LogP contribution in [0.5, 0.6) is 0 Å². The molecule has 0 saturated heterocycles. The predicted octanol–water partition coefficient (Wildman–Crippen LogP) is 3.90. The molecule has 1 aromatic carbocycles. The average molecular weight is 254 g/mol. The highest BCUT2D eigenvalue weighted by Gasteiger charge is 2.40. The van der Waals surface area contributed by atoms with Crippen molar-refractivity contribution < 1.29 is 0 Å². The van der Waals surface area contributed by atoms with Gasteiger partial charge in [0.05, 0.1) is 11.2 Å². The van der Waals surface area contributed by atoms with Crippen molar-refractivity contribution in [3.05, 3.63) is 42.1 Å². The minimum atomic E-state index is 0.617. The molecule has 1 aliphatic rings. The van der Waals surface area contributed by atoms with Crippen LogP contribution in [0.2, 0.25) is 0 Å². The molecule has 19 heavy (non-hydrogen) atoms. The van der Waals surface area contributed by atoms with Gasteiger partial charge in [0.15, 0.2) is 0 Å². The molecule has 2 nitrogen and oxygen atoms in total. The summed E-state index contributed by atoms with van der Waals surface area (Å²) in [5.41, 5.74) is 2.86. The van der Waals surface area contributed by atoms with Gasteiger partial charge in [0, 0.05) is 18.5 Å². The molecule has 0 spiro atoms. The van der Waals surface area contributed by atoms with E-state index in [1.807, 2.05) is 6.07 Å². The second-order valence-corrected chi connectivity index (χ2v) is 5.85. The van der Waals surface area contributed by atoms with E-state index in [0.717, 1.165) is 24.3 Å². The highest BCUT2D eigenvalue weighted by atomic mass is 14.9. The van der Waals surface area contributed by atoms with Crippen LogP contribution >= 0.6 is 0 Å². The van der Waals surface area contributed by atoms with Crippen LogP contribution in [-0.4, -0.2) is 11.5 Å². The molecule has 0 unspecified atom stereocenters. The van der Waals surface area contributed by atoms with Crippen LogP contribution in [0.1, 0.15) is 38.3 Å². The summed E-state index contributed by atoms with van der Waals surface area (Å²) in [7, 11) is 0. The van der Waals surface area contributed by atoms with Gasteiger partial charge < -0.3 is 5.32 Å². The Kier molecular flexibility index (Phi) is 3.52. The van der Waals surface area contributed by atoms with Crippen molar-refractivity contribution in [2.75, 3.05) is 6.54 Å². The molecule has 100 valence electrons. The van der Waals surface area contributed by atoms with Crippen molar-refractivity contribution in [2.24, 2.45) is 5.41 Å². The predicted molar refractivity (Wildman–Crippen MR) is 80.0 cm³/mol. The zero-order chi connectivity index (χ0) is 13.1. The summed E-state index contributed by atoms with van der Waals surface area (Å²) in [6.45, 7) is 4.32. The summed E-state index contributed by atoms with van der Waals surface area (Å²) in [6.07, 6.45) is 5.47. The van der Waals surface area contributed by atoms with Crippen molar-refractivity contribution in [1.29, 1.82) is 0 Å². The lowest BCUT2D eigenvalue weighted by atomic mass is 10.0. The number of nitrogens with one attached hydrogen (secondary N) is 1. The SMILES string of the molecule is CCCC1(CNCc2ccc3ccccc3n2)CC1. The van der Waals surface area contributed by atoms with E-state index in [9.17, 15) is 0 Å². The van der Waals surface area contributed by atoms with Crippen LogP contribution in [0.15, 0.2) is 36.4 Å². The van der Waals surface area contributed by atoms with Gasteiger partial charge in [-0.1, -0.05) is 37.6 Å². The first kappa shape index (κ1) is 12.6. The lowest BCUT2D eigenvalue weighted by Gasteiger charge is -2.14. The molecular weight excluding hydrogens is 232 g/mol. The molecule has 1 N–H and O–H groups in total. The Morgan fingerprint density at radius 2 is 2.00 bits per heavy atom. The van der Waals surface area contributed by atoms with Crippen molar-refractivity contribution in [1.82, 2.24) is 10.3 Å². The Morgan fingerprint density at radius 1 is 1.16 bits per heavy atom. The smallest absolute Gasteiger partial charge is 0.0705 e. The van der Waals surface area contributed by atoms with Crippen molar-refractivity contribution >= 4 is 10.9 Å². The highest BCUT2D eigenvalue weighted by Crippen LogP contribution is 2.48. The van der Waals surface area contributed by atoms with E-state index in [2.05, 4.69) is 42.6 Å². The quantitative estimate of drug-likeness (QED) is 0.845. The molecule has 1 heterocycles. The summed E-state index contributed by atoms with van der Waals surface area (Å²) in [6, 6.07) is 12.6. The third kappa shape index (κ3) is 2.95. The highest BCUT2D eigenvalue weighted by molar-refractivity contribution is 5.78. The van der Waals surface area contributed by atoms with Crippen molar-refractivity contribution in [3.63, 3.8) is 0 Å². The van der Waals surface area contributed by atoms with E-state index in [0.29, 0.717) is 5.41 Å². The molecule has 1 saturated carbocycles. The second kappa shape index (κ2) is 5.30. The van der Waals surface area contributed by atoms with Gasteiger partial charge in [-0.25, -0.2) is 0 Å². The maximum Gasteiger partial charge on any atom is 0.0705 e. The van der Waals surface area contributed by atoms with Gasteiger partial charge in [0.1, 0.15) is 0 Å². The van der Waals surface area contributed by atoms with Gasteiger partial charge in [-0.2, -0.15) is 0 Å². The zero-order valence-corrected chi connectivity index (χ0v) is 11.7. The maximum atomic E-state index is 4.70. The van der Waals surface area contributed by atoms with Crippen LogP contribution in [0.25, 0.3) is 10.9 Å². The molecule has 0 amide bonds. The van der Waals surface area contributed by atoms with Crippen molar-refractivity contribution in [2.45, 2.75) is 39.2 Å². The Morgan fingerprint density at radius 3 is 2.79 bits per heavy atom. The van der Waals surface area contributed by atoms with Gasteiger partial charge >= 0.3 is 0 Å². The Balaban J connectivity index is 1.59. The number of fused-ring (bicyclic) bond motifs is 1. The Bertz CT molecular complexity index is 558. The molecule has 3 rings (SSSR count). The fourth-order valence-corrected chi connectivity index (χ4v) is 2.88. The minimum absolute atomic E-state index is 0.617. The largest absolute Gasteiger partial charge is 0.311 e. The van der Waals surface area contributed by atoms with Crippen LogP contribution in [0.4, 0.5) is 0 Å². The lowest BCUT2D eigenvalue weighted by Crippen LogP contribution is -2.23. The summed E-state index contributed by atoms with van der Waals surface area (Å²) in [5, 5.41) is 4.81. The topological polar surface area (TPSA) is 24.9 Å². The third-order valence-corrected chi connectivity index (χ3v) is 4.20. The van der Waals surface area contributed by atoms with E-state index in [1.165, 1.54) is 31.1 Å². The van der Waals surface area contributed by atoms with Crippen molar-refractivity contribution in [3.8, 4) is 0 Å². The van der Waals surface area contributed by atoms with E-state index < -0.39 is 0 Å². The number of pyridine rings is 1. The molecule has 0 aliphatic heterocycles. The van der Waals surface area contributed by atoms with E-state index in [1.54, 1.807) is 0 Å². The zero-order valence-electron chi connectivity index (χ0n) is 11.7. The number of aromatic nitrogens is 1.